The van der Waals surface area contributed by atoms with E-state index in [-0.39, 0.29) is 11.3 Å². The first-order valence-electron chi connectivity index (χ1n) is 5.44. The molecular weight excluding hydrogens is 246 g/mol. The zero-order valence-corrected chi connectivity index (χ0v) is 11.3. The maximum atomic E-state index is 11.9. The van der Waals surface area contributed by atoms with E-state index in [1.807, 2.05) is 0 Å². The van der Waals surface area contributed by atoms with Gasteiger partial charge < -0.3 is 0 Å². The third-order valence-corrected chi connectivity index (χ3v) is 6.92. The van der Waals surface area contributed by atoms with Gasteiger partial charge in [0, 0.05) is 6.54 Å². The summed E-state index contributed by atoms with van der Waals surface area (Å²) >= 11 is 4.27. The predicted molar refractivity (Wildman–Crippen MR) is 64.8 cm³/mol. The zero-order chi connectivity index (χ0) is 12.2. The molecular formula is C10H17NO3S2. The zero-order valence-electron chi connectivity index (χ0n) is 9.56. The highest BCUT2D eigenvalue weighted by Gasteiger charge is 2.61. The Hall–Kier alpha value is -0.230. The molecule has 1 aliphatic heterocycles. The monoisotopic (exact) mass is 263 g/mol. The SMILES string of the molecule is CC1(C)C(=O)N(CC2(CS)CCC2)S1(=O)=O. The van der Waals surface area contributed by atoms with Gasteiger partial charge in [-0.15, -0.1) is 0 Å². The van der Waals surface area contributed by atoms with Crippen LogP contribution < -0.4 is 0 Å². The lowest BCUT2D eigenvalue weighted by atomic mass is 9.70. The van der Waals surface area contributed by atoms with E-state index in [0.717, 1.165) is 23.6 Å². The smallest absolute Gasteiger partial charge is 0.258 e. The van der Waals surface area contributed by atoms with Gasteiger partial charge in [-0.3, -0.25) is 4.79 Å². The molecule has 0 radical (unpaired) electrons. The van der Waals surface area contributed by atoms with Gasteiger partial charge in [0.05, 0.1) is 0 Å². The van der Waals surface area contributed by atoms with E-state index < -0.39 is 14.8 Å². The van der Waals surface area contributed by atoms with Gasteiger partial charge in [-0.2, -0.15) is 12.6 Å². The molecule has 2 fully saturated rings. The molecule has 16 heavy (non-hydrogen) atoms. The van der Waals surface area contributed by atoms with E-state index in [0.29, 0.717) is 12.3 Å². The molecule has 0 aromatic heterocycles. The summed E-state index contributed by atoms with van der Waals surface area (Å²) in [5.41, 5.74) is -0.0671. The van der Waals surface area contributed by atoms with Crippen molar-refractivity contribution in [1.82, 2.24) is 4.31 Å². The minimum absolute atomic E-state index is 0.0671. The summed E-state index contributed by atoms with van der Waals surface area (Å²) in [6.45, 7) is 3.26. The topological polar surface area (TPSA) is 54.5 Å². The minimum atomic E-state index is -3.42. The van der Waals surface area contributed by atoms with E-state index in [1.165, 1.54) is 13.8 Å². The van der Waals surface area contributed by atoms with Crippen molar-refractivity contribution < 1.29 is 13.2 Å². The summed E-state index contributed by atoms with van der Waals surface area (Å²) in [6.07, 6.45) is 3.04. The van der Waals surface area contributed by atoms with Crippen LogP contribution in [0.3, 0.4) is 0 Å². The van der Waals surface area contributed by atoms with Crippen LogP contribution in [0.2, 0.25) is 0 Å². The van der Waals surface area contributed by atoms with Crippen LogP contribution >= 0.6 is 12.6 Å². The van der Waals surface area contributed by atoms with Crippen LogP contribution in [0.4, 0.5) is 0 Å². The van der Waals surface area contributed by atoms with Crippen molar-refractivity contribution in [1.29, 1.82) is 0 Å². The van der Waals surface area contributed by atoms with Crippen LogP contribution in [0.25, 0.3) is 0 Å². The van der Waals surface area contributed by atoms with Gasteiger partial charge >= 0.3 is 0 Å². The van der Waals surface area contributed by atoms with Crippen molar-refractivity contribution in [3.8, 4) is 0 Å². The Kier molecular flexibility index (Phi) is 2.59. The molecule has 92 valence electrons. The van der Waals surface area contributed by atoms with E-state index in [2.05, 4.69) is 12.6 Å². The summed E-state index contributed by atoms with van der Waals surface area (Å²) in [6, 6.07) is 0. The Morgan fingerprint density at radius 3 is 2.25 bits per heavy atom. The first-order chi connectivity index (χ1) is 7.27. The molecule has 1 heterocycles. The average molecular weight is 263 g/mol. The number of hydrogen-bond donors (Lipinski definition) is 1. The summed E-state index contributed by atoms with van der Waals surface area (Å²) < 4.78 is 23.6. The Labute approximate surface area is 102 Å². The number of nitrogens with zero attached hydrogens (tertiary/aromatic N) is 1. The molecule has 1 saturated carbocycles. The highest BCUT2D eigenvalue weighted by molar-refractivity contribution is 7.94. The molecule has 0 aromatic carbocycles. The van der Waals surface area contributed by atoms with Gasteiger partial charge in [0.1, 0.15) is 0 Å². The highest BCUT2D eigenvalue weighted by Crippen LogP contribution is 2.46. The number of carbonyl (C=O) groups is 1. The molecule has 1 saturated heterocycles. The molecule has 2 rings (SSSR count). The van der Waals surface area contributed by atoms with Crippen LogP contribution in [0.5, 0.6) is 0 Å². The number of amides is 1. The first-order valence-corrected chi connectivity index (χ1v) is 7.52. The summed E-state index contributed by atoms with van der Waals surface area (Å²) in [7, 11) is -3.42. The fourth-order valence-electron chi connectivity index (χ4n) is 2.26. The normalized spacial score (nSPS) is 29.4. The van der Waals surface area contributed by atoms with Gasteiger partial charge in [0.2, 0.25) is 0 Å². The lowest BCUT2D eigenvalue weighted by Gasteiger charge is -2.50. The molecule has 6 heteroatoms. The van der Waals surface area contributed by atoms with Crippen LogP contribution in [-0.4, -0.2) is 35.7 Å². The second-order valence-electron chi connectivity index (χ2n) is 5.34. The number of carbonyl (C=O) groups excluding carboxylic acids is 1. The first kappa shape index (κ1) is 12.2. The number of rotatable bonds is 3. The largest absolute Gasteiger partial charge is 0.272 e. The van der Waals surface area contributed by atoms with Gasteiger partial charge in [-0.1, -0.05) is 6.42 Å². The number of thiol groups is 1. The van der Waals surface area contributed by atoms with Gasteiger partial charge in [-0.05, 0) is 37.9 Å². The third kappa shape index (κ3) is 1.35. The molecule has 2 aliphatic rings. The molecule has 0 spiro atoms. The van der Waals surface area contributed by atoms with Gasteiger partial charge in [0.15, 0.2) is 4.75 Å². The van der Waals surface area contributed by atoms with E-state index in [1.54, 1.807) is 0 Å². The lowest BCUT2D eigenvalue weighted by Crippen LogP contribution is -2.69. The van der Waals surface area contributed by atoms with Crippen LogP contribution in [0.15, 0.2) is 0 Å². The van der Waals surface area contributed by atoms with E-state index in [4.69, 9.17) is 0 Å². The predicted octanol–water partition coefficient (Wildman–Crippen LogP) is 1.04. The summed E-state index contributed by atoms with van der Waals surface area (Å²) in [5, 5.41) is 0. The number of hydrogen-bond acceptors (Lipinski definition) is 4. The maximum absolute atomic E-state index is 11.9. The molecule has 0 aromatic rings. The Morgan fingerprint density at radius 2 is 1.94 bits per heavy atom. The molecule has 0 unspecified atom stereocenters. The molecule has 0 N–H and O–H groups in total. The van der Waals surface area contributed by atoms with Crippen molar-refractivity contribution >= 4 is 28.6 Å². The third-order valence-electron chi connectivity index (χ3n) is 3.91. The van der Waals surface area contributed by atoms with Crippen LogP contribution in [-0.2, 0) is 14.8 Å². The number of sulfonamides is 1. The van der Waals surface area contributed by atoms with Crippen molar-refractivity contribution in [2.75, 3.05) is 12.3 Å². The summed E-state index contributed by atoms with van der Waals surface area (Å²) in [5.74, 6) is 0.368. The van der Waals surface area contributed by atoms with Crippen molar-refractivity contribution in [2.45, 2.75) is 37.9 Å². The van der Waals surface area contributed by atoms with Gasteiger partial charge in [0.25, 0.3) is 15.9 Å². The Balaban J connectivity index is 2.17. The Morgan fingerprint density at radius 1 is 1.38 bits per heavy atom. The summed E-state index contributed by atoms with van der Waals surface area (Å²) in [4.78, 5) is 11.8. The second-order valence-corrected chi connectivity index (χ2v) is 8.07. The average Bonchev–Trinajstić information content (AvgIpc) is 2.15. The maximum Gasteiger partial charge on any atom is 0.258 e. The fraction of sp³-hybridized carbons (Fsp3) is 0.900. The standard InChI is InChI=1S/C10H17NO3S2/c1-9(2)8(12)11(16(9,13)14)6-10(7-15)4-3-5-10/h15H,3-7H2,1-2H3. The van der Waals surface area contributed by atoms with Crippen molar-refractivity contribution in [3.05, 3.63) is 0 Å². The van der Waals surface area contributed by atoms with Gasteiger partial charge in [-0.25, -0.2) is 12.7 Å². The van der Waals surface area contributed by atoms with E-state index >= 15 is 0 Å². The highest BCUT2D eigenvalue weighted by atomic mass is 32.2. The van der Waals surface area contributed by atoms with Crippen molar-refractivity contribution in [3.63, 3.8) is 0 Å². The molecule has 1 aliphatic carbocycles. The molecule has 0 atom stereocenters. The lowest BCUT2D eigenvalue weighted by molar-refractivity contribution is -0.134. The fourth-order valence-corrected chi connectivity index (χ4v) is 4.32. The van der Waals surface area contributed by atoms with Crippen LogP contribution in [0.1, 0.15) is 33.1 Å². The molecule has 1 amide bonds. The second kappa shape index (κ2) is 3.38. The quantitative estimate of drug-likeness (QED) is 0.774. The minimum Gasteiger partial charge on any atom is -0.272 e. The molecule has 0 bridgehead atoms. The van der Waals surface area contributed by atoms with Crippen LogP contribution in [0, 0.1) is 5.41 Å². The van der Waals surface area contributed by atoms with Crippen molar-refractivity contribution in [2.24, 2.45) is 5.41 Å². The Bertz CT molecular complexity index is 418. The van der Waals surface area contributed by atoms with E-state index in [9.17, 15) is 13.2 Å². The molecule has 4 nitrogen and oxygen atoms in total.